The van der Waals surface area contributed by atoms with E-state index in [0.717, 1.165) is 17.2 Å². The molecule has 1 amide bonds. The van der Waals surface area contributed by atoms with Gasteiger partial charge in [0.15, 0.2) is 18.2 Å². The Kier molecular flexibility index (Phi) is 3.23. The number of amides is 1. The standard InChI is InChI=1S/C10H12FNO5/c11-8-6(4-13)17-10(9(8)16)12-2-1-5(14)3-7(12)15/h1-2,6,8-10,13,16H,3-4H2/t6-,8-,9-,10-/m1/s1. The molecular formula is C10H12FNO5. The molecule has 0 saturated carbocycles. The molecule has 2 aliphatic heterocycles. The van der Waals surface area contributed by atoms with Crippen molar-refractivity contribution in [3.63, 3.8) is 0 Å². The van der Waals surface area contributed by atoms with E-state index >= 15 is 0 Å². The second-order valence-corrected chi connectivity index (χ2v) is 3.94. The molecule has 1 saturated heterocycles. The van der Waals surface area contributed by atoms with Gasteiger partial charge in [-0.2, -0.15) is 0 Å². The summed E-state index contributed by atoms with van der Waals surface area (Å²) >= 11 is 0. The van der Waals surface area contributed by atoms with Crippen molar-refractivity contribution in [2.45, 2.75) is 31.0 Å². The van der Waals surface area contributed by atoms with Gasteiger partial charge in [0.1, 0.15) is 12.2 Å². The number of hydrogen-bond acceptors (Lipinski definition) is 5. The van der Waals surface area contributed by atoms with Gasteiger partial charge in [-0.1, -0.05) is 0 Å². The number of allylic oxidation sites excluding steroid dienone is 1. The van der Waals surface area contributed by atoms with Crippen LogP contribution >= 0.6 is 0 Å². The Hall–Kier alpha value is -1.31. The minimum Gasteiger partial charge on any atom is -0.394 e. The minimum absolute atomic E-state index is 0.330. The molecule has 1 fully saturated rings. The summed E-state index contributed by atoms with van der Waals surface area (Å²) in [6.45, 7) is -0.584. The van der Waals surface area contributed by atoms with Crippen molar-refractivity contribution in [3.8, 4) is 0 Å². The monoisotopic (exact) mass is 245 g/mol. The maximum absolute atomic E-state index is 13.4. The number of ether oxygens (including phenoxy) is 1. The van der Waals surface area contributed by atoms with Crippen molar-refractivity contribution >= 4 is 11.7 Å². The van der Waals surface area contributed by atoms with E-state index in [1.54, 1.807) is 0 Å². The van der Waals surface area contributed by atoms with Crippen LogP contribution in [0.4, 0.5) is 4.39 Å². The topological polar surface area (TPSA) is 87.1 Å². The van der Waals surface area contributed by atoms with Crippen molar-refractivity contribution in [2.75, 3.05) is 6.61 Å². The van der Waals surface area contributed by atoms with Gasteiger partial charge < -0.3 is 14.9 Å². The molecule has 2 N–H and O–H groups in total. The van der Waals surface area contributed by atoms with Gasteiger partial charge in [0.2, 0.25) is 5.91 Å². The minimum atomic E-state index is -1.76. The predicted octanol–water partition coefficient (Wildman–Crippen LogP) is -1.28. The van der Waals surface area contributed by atoms with Crippen LogP contribution in [0, 0.1) is 0 Å². The van der Waals surface area contributed by atoms with Gasteiger partial charge in [-0.25, -0.2) is 4.39 Å². The molecule has 2 heterocycles. The lowest BCUT2D eigenvalue weighted by molar-refractivity contribution is -0.148. The fraction of sp³-hybridized carbons (Fsp3) is 0.600. The maximum Gasteiger partial charge on any atom is 0.236 e. The first-order chi connectivity index (χ1) is 8.04. The van der Waals surface area contributed by atoms with Crippen LogP contribution in [0.1, 0.15) is 6.42 Å². The van der Waals surface area contributed by atoms with E-state index in [2.05, 4.69) is 0 Å². The molecule has 4 atom stereocenters. The molecule has 0 aromatic heterocycles. The number of nitrogens with zero attached hydrogens (tertiary/aromatic N) is 1. The SMILES string of the molecule is O=C1C=CN([C@@H]2O[C@H](CO)[C@@H](F)[C@H]2O)C(=O)C1. The molecule has 0 aliphatic carbocycles. The summed E-state index contributed by atoms with van der Waals surface area (Å²) in [6, 6.07) is 0. The summed E-state index contributed by atoms with van der Waals surface area (Å²) in [5.74, 6) is -0.915. The number of aliphatic hydroxyl groups is 2. The summed E-state index contributed by atoms with van der Waals surface area (Å²) in [7, 11) is 0. The average molecular weight is 245 g/mol. The van der Waals surface area contributed by atoms with Gasteiger partial charge in [0.05, 0.1) is 13.0 Å². The van der Waals surface area contributed by atoms with Crippen LogP contribution in [0.5, 0.6) is 0 Å². The van der Waals surface area contributed by atoms with Gasteiger partial charge in [-0.15, -0.1) is 0 Å². The Morgan fingerprint density at radius 3 is 2.76 bits per heavy atom. The molecule has 0 bridgehead atoms. The highest BCUT2D eigenvalue weighted by molar-refractivity contribution is 6.06. The van der Waals surface area contributed by atoms with Crippen LogP contribution in [0.25, 0.3) is 0 Å². The Morgan fingerprint density at radius 1 is 1.53 bits per heavy atom. The lowest BCUT2D eigenvalue weighted by Crippen LogP contribution is -2.45. The molecule has 94 valence electrons. The zero-order valence-electron chi connectivity index (χ0n) is 8.82. The number of aliphatic hydroxyl groups excluding tert-OH is 2. The smallest absolute Gasteiger partial charge is 0.236 e. The van der Waals surface area contributed by atoms with Crippen LogP contribution in [0.2, 0.25) is 0 Å². The largest absolute Gasteiger partial charge is 0.394 e. The number of halogens is 1. The molecule has 0 spiro atoms. The molecule has 7 heteroatoms. The molecule has 0 radical (unpaired) electrons. The molecule has 0 aromatic carbocycles. The molecule has 2 aliphatic rings. The zero-order chi connectivity index (χ0) is 12.6. The van der Waals surface area contributed by atoms with Gasteiger partial charge in [-0.3, -0.25) is 14.5 Å². The molecule has 0 unspecified atom stereocenters. The van der Waals surface area contributed by atoms with Crippen molar-refractivity contribution in [1.29, 1.82) is 0 Å². The summed E-state index contributed by atoms with van der Waals surface area (Å²) in [5.41, 5.74) is 0. The van der Waals surface area contributed by atoms with Gasteiger partial charge in [0.25, 0.3) is 0 Å². The Bertz CT molecular complexity index is 372. The second-order valence-electron chi connectivity index (χ2n) is 3.94. The highest BCUT2D eigenvalue weighted by Crippen LogP contribution is 2.27. The van der Waals surface area contributed by atoms with Crippen molar-refractivity contribution in [1.82, 2.24) is 4.90 Å². The van der Waals surface area contributed by atoms with Crippen LogP contribution < -0.4 is 0 Å². The molecule has 17 heavy (non-hydrogen) atoms. The zero-order valence-corrected chi connectivity index (χ0v) is 8.82. The van der Waals surface area contributed by atoms with Crippen molar-refractivity contribution in [2.24, 2.45) is 0 Å². The first-order valence-corrected chi connectivity index (χ1v) is 5.15. The summed E-state index contributed by atoms with van der Waals surface area (Å²) in [5, 5.41) is 18.4. The van der Waals surface area contributed by atoms with Crippen LogP contribution in [-0.4, -0.2) is 58.0 Å². The van der Waals surface area contributed by atoms with Gasteiger partial charge >= 0.3 is 0 Å². The average Bonchev–Trinajstić information content (AvgIpc) is 2.57. The summed E-state index contributed by atoms with van der Waals surface area (Å²) in [6.07, 6.45) is -3.65. The van der Waals surface area contributed by atoms with Crippen LogP contribution in [-0.2, 0) is 14.3 Å². The Morgan fingerprint density at radius 2 is 2.24 bits per heavy atom. The van der Waals surface area contributed by atoms with E-state index < -0.39 is 37.1 Å². The summed E-state index contributed by atoms with van der Waals surface area (Å²) < 4.78 is 18.5. The number of carbonyl (C=O) groups excluding carboxylic acids is 2. The Labute approximate surface area is 96.3 Å². The molecule has 0 aromatic rings. The second kappa shape index (κ2) is 4.52. The summed E-state index contributed by atoms with van der Waals surface area (Å²) in [4.78, 5) is 23.4. The fourth-order valence-electron chi connectivity index (χ4n) is 1.86. The van der Waals surface area contributed by atoms with E-state index in [9.17, 15) is 19.1 Å². The highest BCUT2D eigenvalue weighted by Gasteiger charge is 2.47. The first-order valence-electron chi connectivity index (χ1n) is 5.15. The maximum atomic E-state index is 13.4. The van der Waals surface area contributed by atoms with Gasteiger partial charge in [-0.05, 0) is 6.08 Å². The fourth-order valence-corrected chi connectivity index (χ4v) is 1.86. The third-order valence-electron chi connectivity index (χ3n) is 2.78. The van der Waals surface area contributed by atoms with E-state index in [4.69, 9.17) is 9.84 Å². The van der Waals surface area contributed by atoms with Crippen molar-refractivity contribution < 1.29 is 28.9 Å². The molecule has 6 nitrogen and oxygen atoms in total. The van der Waals surface area contributed by atoms with E-state index in [-0.39, 0.29) is 12.2 Å². The predicted molar refractivity (Wildman–Crippen MR) is 52.3 cm³/mol. The number of hydrogen-bond donors (Lipinski definition) is 2. The number of carbonyl (C=O) groups is 2. The third-order valence-corrected chi connectivity index (χ3v) is 2.78. The van der Waals surface area contributed by atoms with Crippen LogP contribution in [0.3, 0.4) is 0 Å². The van der Waals surface area contributed by atoms with E-state index in [1.807, 2.05) is 0 Å². The lowest BCUT2D eigenvalue weighted by Gasteiger charge is -2.28. The first kappa shape index (κ1) is 12.2. The number of ketones is 1. The van der Waals surface area contributed by atoms with E-state index in [1.165, 1.54) is 0 Å². The molecular weight excluding hydrogens is 233 g/mol. The highest BCUT2D eigenvalue weighted by atomic mass is 19.1. The molecule has 2 rings (SSSR count). The normalized spacial score (nSPS) is 37.9. The number of rotatable bonds is 2. The van der Waals surface area contributed by atoms with Crippen LogP contribution in [0.15, 0.2) is 12.3 Å². The van der Waals surface area contributed by atoms with Crippen molar-refractivity contribution in [3.05, 3.63) is 12.3 Å². The lowest BCUT2D eigenvalue weighted by atomic mass is 10.1. The van der Waals surface area contributed by atoms with E-state index in [0.29, 0.717) is 0 Å². The third kappa shape index (κ3) is 2.08. The number of alkyl halides is 1. The quantitative estimate of drug-likeness (QED) is 0.591. The Balaban J connectivity index is 2.16. The van der Waals surface area contributed by atoms with Gasteiger partial charge in [0, 0.05) is 6.20 Å².